The molecule has 0 spiro atoms. The van der Waals surface area contributed by atoms with E-state index in [9.17, 15) is 25.9 Å². The molecule has 0 unspecified atom stereocenters. The molecule has 4 N–H and O–H groups in total. The largest absolute Gasteiger partial charge is 1.00 e. The van der Waals surface area contributed by atoms with E-state index in [1.54, 1.807) is 0 Å². The predicted molar refractivity (Wildman–Crippen MR) is 149 cm³/mol. The zero-order valence-electron chi connectivity index (χ0n) is 20.7. The molecule has 200 valence electrons. The number of allylic oxidation sites excluding steroid dienone is 3. The molecule has 12 nitrogen and oxygen atoms in total. The Morgan fingerprint density at radius 1 is 0.825 bits per heavy atom. The van der Waals surface area contributed by atoms with E-state index in [1.807, 2.05) is 0 Å². The molecule has 40 heavy (non-hydrogen) atoms. The van der Waals surface area contributed by atoms with Crippen LogP contribution in [0.2, 0.25) is 0 Å². The molecular formula is C20H16N6Na2O6S6. The maximum absolute atomic E-state index is 12.5. The van der Waals surface area contributed by atoms with E-state index in [4.69, 9.17) is 24.4 Å². The van der Waals surface area contributed by atoms with Gasteiger partial charge in [0.1, 0.15) is 29.5 Å². The van der Waals surface area contributed by atoms with E-state index >= 15 is 0 Å². The van der Waals surface area contributed by atoms with Gasteiger partial charge in [0.05, 0.1) is 10.1 Å². The molecule has 2 aromatic heterocycles. The van der Waals surface area contributed by atoms with Crippen LogP contribution in [-0.4, -0.2) is 50.0 Å². The van der Waals surface area contributed by atoms with Gasteiger partial charge in [-0.1, -0.05) is 42.6 Å². The molecular weight excluding hydrogens is 659 g/mol. The number of hydrogen-bond acceptors (Lipinski definition) is 14. The second kappa shape index (κ2) is 13.8. The summed E-state index contributed by atoms with van der Waals surface area (Å²) in [6.07, 6.45) is 1.42. The summed E-state index contributed by atoms with van der Waals surface area (Å²) in [5.41, 5.74) is -0.119. The Hall–Kier alpha value is -0.580. The SMILES string of the molecule is O=S(=O)([O-])C1(S(=O)(=O)[O-])CC(Nc2nc(S)cc(=S)[nH]2)=CC=C1c1ccc(Nc2nc(S)cc(=S)[nH]2)cc1.[Na+].[Na+]. The first-order chi connectivity index (χ1) is 17.7. The first kappa shape index (κ1) is 35.6. The zero-order valence-corrected chi connectivity index (χ0v) is 29.8. The van der Waals surface area contributed by atoms with Crippen LogP contribution in [-0.2, 0) is 20.2 Å². The van der Waals surface area contributed by atoms with Crippen molar-refractivity contribution in [2.45, 2.75) is 20.6 Å². The Bertz CT molecular complexity index is 1790. The molecule has 0 amide bonds. The maximum Gasteiger partial charge on any atom is 1.00 e. The van der Waals surface area contributed by atoms with Crippen LogP contribution in [0, 0.1) is 9.28 Å². The second-order valence-corrected chi connectivity index (χ2v) is 13.1. The van der Waals surface area contributed by atoms with Crippen molar-refractivity contribution in [1.82, 2.24) is 19.9 Å². The van der Waals surface area contributed by atoms with Crippen LogP contribution in [0.4, 0.5) is 17.6 Å². The average Bonchev–Trinajstić information content (AvgIpc) is 2.77. The first-order valence-electron chi connectivity index (χ1n) is 10.3. The molecule has 0 saturated heterocycles. The number of H-pyrrole nitrogens is 2. The zero-order chi connectivity index (χ0) is 27.9. The van der Waals surface area contributed by atoms with Crippen molar-refractivity contribution in [2.75, 3.05) is 10.6 Å². The van der Waals surface area contributed by atoms with Gasteiger partial charge in [0.15, 0.2) is 4.08 Å². The van der Waals surface area contributed by atoms with Crippen molar-refractivity contribution in [3.63, 3.8) is 0 Å². The maximum atomic E-state index is 12.5. The van der Waals surface area contributed by atoms with Crippen LogP contribution in [0.3, 0.4) is 0 Å². The van der Waals surface area contributed by atoms with E-state index in [2.05, 4.69) is 55.8 Å². The number of nitrogens with zero attached hydrogens (tertiary/aromatic N) is 2. The standard InChI is InChI=1S/C20H18N6O6S6.2Na/c27-37(28,29)20(38(30,31)32)9-12(22-19-25-16(35)8-17(36)26-19)5-6-13(20)10-1-3-11(4-2-10)21-18-23-14(33)7-15(34)24-18;;/h1-8H,9H2,(H,27,28,29)(H,30,31,32)(H3,21,23,24,33,34)(H3,22,25,26,35,36);;/q;2*+1/p-2. The van der Waals surface area contributed by atoms with E-state index in [0.717, 1.165) is 6.08 Å². The fraction of sp³-hybridized carbons (Fsp3) is 0.100. The summed E-state index contributed by atoms with van der Waals surface area (Å²) in [5, 5.41) is 6.18. The number of rotatable bonds is 7. The van der Waals surface area contributed by atoms with Gasteiger partial charge < -0.3 is 29.7 Å². The molecule has 2 heterocycles. The summed E-state index contributed by atoms with van der Waals surface area (Å²) in [7, 11) is -11.5. The van der Waals surface area contributed by atoms with Crippen LogP contribution < -0.4 is 69.7 Å². The summed E-state index contributed by atoms with van der Waals surface area (Å²) < 4.78 is 72.2. The van der Waals surface area contributed by atoms with Crippen molar-refractivity contribution in [3.05, 3.63) is 69.1 Å². The quantitative estimate of drug-likeness (QED) is 0.0508. The summed E-state index contributed by atoms with van der Waals surface area (Å²) in [6, 6.07) is 8.62. The van der Waals surface area contributed by atoms with E-state index < -0.39 is 36.3 Å². The smallest absolute Gasteiger partial charge is 0.746 e. The number of benzene rings is 1. The minimum atomic E-state index is -5.77. The summed E-state index contributed by atoms with van der Waals surface area (Å²) in [5.74, 6) is 0.266. The van der Waals surface area contributed by atoms with Gasteiger partial charge in [-0.15, -0.1) is 25.3 Å². The molecule has 0 atom stereocenters. The topological polar surface area (TPSA) is 196 Å². The second-order valence-electron chi connectivity index (χ2n) is 7.84. The molecule has 0 saturated carbocycles. The van der Waals surface area contributed by atoms with E-state index in [1.165, 1.54) is 42.5 Å². The van der Waals surface area contributed by atoms with E-state index in [0.29, 0.717) is 15.4 Å². The fourth-order valence-electron chi connectivity index (χ4n) is 3.72. The third kappa shape index (κ3) is 7.87. The van der Waals surface area contributed by atoms with Crippen molar-refractivity contribution >= 4 is 93.1 Å². The van der Waals surface area contributed by atoms with Gasteiger partial charge in [-0.25, -0.2) is 26.8 Å². The molecule has 0 fully saturated rings. The van der Waals surface area contributed by atoms with Crippen molar-refractivity contribution in [2.24, 2.45) is 0 Å². The number of aromatic amines is 2. The molecule has 4 rings (SSSR count). The van der Waals surface area contributed by atoms with Gasteiger partial charge in [0, 0.05) is 29.9 Å². The molecule has 20 heteroatoms. The normalized spacial score (nSPS) is 14.6. The summed E-state index contributed by atoms with van der Waals surface area (Å²) in [4.78, 5) is 13.6. The Balaban J connectivity index is 0.00000280. The van der Waals surface area contributed by atoms with Crippen molar-refractivity contribution in [3.8, 4) is 0 Å². The van der Waals surface area contributed by atoms with Crippen molar-refractivity contribution < 1.29 is 85.1 Å². The molecule has 0 aliphatic heterocycles. The third-order valence-electron chi connectivity index (χ3n) is 5.29. The Labute approximate surface area is 294 Å². The number of anilines is 3. The van der Waals surface area contributed by atoms with Gasteiger partial charge in [0.2, 0.25) is 11.9 Å². The Morgan fingerprint density at radius 3 is 1.75 bits per heavy atom. The number of hydrogen-bond donors (Lipinski definition) is 6. The fourth-order valence-corrected chi connectivity index (χ4v) is 7.34. The summed E-state index contributed by atoms with van der Waals surface area (Å²) in [6.45, 7) is 0. The average molecular weight is 675 g/mol. The number of nitrogens with one attached hydrogen (secondary N) is 4. The third-order valence-corrected chi connectivity index (χ3v) is 9.75. The van der Waals surface area contributed by atoms with E-state index in [-0.39, 0.29) is 91.9 Å². The number of thiol groups is 2. The van der Waals surface area contributed by atoms with Gasteiger partial charge in [-0.3, -0.25) is 0 Å². The van der Waals surface area contributed by atoms with Crippen molar-refractivity contribution in [1.29, 1.82) is 0 Å². The minimum Gasteiger partial charge on any atom is -0.746 e. The van der Waals surface area contributed by atoms with Crippen LogP contribution in [0.1, 0.15) is 12.0 Å². The molecule has 1 aromatic carbocycles. The van der Waals surface area contributed by atoms with Gasteiger partial charge in [-0.05, 0) is 29.3 Å². The number of aromatic nitrogens is 4. The van der Waals surface area contributed by atoms with Crippen LogP contribution in [0.25, 0.3) is 5.57 Å². The summed E-state index contributed by atoms with van der Waals surface area (Å²) >= 11 is 18.4. The molecule has 0 bridgehead atoms. The van der Waals surface area contributed by atoms with Gasteiger partial charge in [-0.2, -0.15) is 0 Å². The Morgan fingerprint density at radius 2 is 1.30 bits per heavy atom. The van der Waals surface area contributed by atoms with Crippen LogP contribution >= 0.6 is 49.7 Å². The van der Waals surface area contributed by atoms with Crippen LogP contribution in [0.5, 0.6) is 0 Å². The molecule has 0 radical (unpaired) electrons. The first-order valence-corrected chi connectivity index (χ1v) is 14.8. The van der Waals surface area contributed by atoms with Gasteiger partial charge >= 0.3 is 59.1 Å². The van der Waals surface area contributed by atoms with Gasteiger partial charge in [0.25, 0.3) is 0 Å². The minimum absolute atomic E-state index is 0. The molecule has 1 aliphatic carbocycles. The Kier molecular flexibility index (Phi) is 12.3. The van der Waals surface area contributed by atoms with Crippen LogP contribution in [0.15, 0.2) is 64.3 Å². The predicted octanol–water partition coefficient (Wildman–Crippen LogP) is -2.51. The monoisotopic (exact) mass is 674 g/mol. The molecule has 3 aromatic rings. The molecule has 1 aliphatic rings.